The monoisotopic (exact) mass is 559 g/mol. The fraction of sp³-hybridized carbons (Fsp3) is 0.306. The Labute approximate surface area is 249 Å². The van der Waals surface area contributed by atoms with Gasteiger partial charge in [0.1, 0.15) is 0 Å². The number of carbonyl (C=O) groups is 1. The van der Waals surface area contributed by atoms with E-state index in [2.05, 4.69) is 71.2 Å². The molecule has 1 saturated heterocycles. The van der Waals surface area contributed by atoms with Crippen molar-refractivity contribution < 1.29 is 4.79 Å². The summed E-state index contributed by atoms with van der Waals surface area (Å²) in [7, 11) is 2.18. The summed E-state index contributed by atoms with van der Waals surface area (Å²) in [6.45, 7) is 15.1. The first-order chi connectivity index (χ1) is 20.4. The number of pyridine rings is 2. The molecular formula is C36H41N5O. The van der Waals surface area contributed by atoms with Crippen LogP contribution in [0, 0.1) is 13.8 Å². The average Bonchev–Trinajstić information content (AvgIpc) is 3.01. The molecule has 6 nitrogen and oxygen atoms in total. The second-order valence-electron chi connectivity index (χ2n) is 11.0. The van der Waals surface area contributed by atoms with Crippen LogP contribution in [-0.4, -0.2) is 58.9 Å². The first kappa shape index (κ1) is 29.4. The summed E-state index contributed by atoms with van der Waals surface area (Å²) in [4.78, 5) is 29.4. The highest BCUT2D eigenvalue weighted by Crippen LogP contribution is 2.37. The Morgan fingerprint density at radius 2 is 1.55 bits per heavy atom. The summed E-state index contributed by atoms with van der Waals surface area (Å²) in [6.07, 6.45) is 3.77. The van der Waals surface area contributed by atoms with Crippen molar-refractivity contribution in [3.8, 4) is 11.1 Å². The standard InChI is InChI=1S/C34H35N5O.C2H6/c1-23-17-30(11-9-28(23)22-38-15-13-37(4)14-16-38)39(25(3)40)34-24(2)20-35-33-12-10-26(19-31(33)34)29-18-27-7-5-6-8-32(27)36-21-29;1-2/h5-12,17-21H,13-16,22H2,1-4H3;1-2H3. The maximum atomic E-state index is 13.3. The van der Waals surface area contributed by atoms with Crippen molar-refractivity contribution in [2.45, 2.75) is 41.2 Å². The molecule has 3 aromatic carbocycles. The number of nitrogens with zero attached hydrogens (tertiary/aromatic N) is 5. The zero-order chi connectivity index (χ0) is 29.8. The van der Waals surface area contributed by atoms with Gasteiger partial charge in [-0.25, -0.2) is 0 Å². The van der Waals surface area contributed by atoms with Crippen molar-refractivity contribution in [1.29, 1.82) is 0 Å². The maximum absolute atomic E-state index is 13.3. The van der Waals surface area contributed by atoms with E-state index >= 15 is 0 Å². The topological polar surface area (TPSA) is 52.6 Å². The van der Waals surface area contributed by atoms with Crippen molar-refractivity contribution in [3.63, 3.8) is 0 Å². The first-order valence-electron chi connectivity index (χ1n) is 14.9. The molecule has 1 aliphatic heterocycles. The van der Waals surface area contributed by atoms with Crippen LogP contribution >= 0.6 is 0 Å². The van der Waals surface area contributed by atoms with Crippen molar-refractivity contribution in [1.82, 2.24) is 19.8 Å². The third-order valence-electron chi connectivity index (χ3n) is 8.06. The summed E-state index contributed by atoms with van der Waals surface area (Å²) in [5, 5.41) is 2.04. The Morgan fingerprint density at radius 3 is 2.29 bits per heavy atom. The Bertz CT molecular complexity index is 1720. The van der Waals surface area contributed by atoms with Crippen molar-refractivity contribution in [2.75, 3.05) is 38.1 Å². The molecule has 0 radical (unpaired) electrons. The highest BCUT2D eigenvalue weighted by atomic mass is 16.2. The molecule has 0 saturated carbocycles. The van der Waals surface area contributed by atoms with Crippen LogP contribution in [0.5, 0.6) is 0 Å². The zero-order valence-electron chi connectivity index (χ0n) is 25.7. The molecule has 1 amide bonds. The molecule has 0 aliphatic carbocycles. The fourth-order valence-electron chi connectivity index (χ4n) is 5.70. The van der Waals surface area contributed by atoms with Gasteiger partial charge in [-0.15, -0.1) is 0 Å². The van der Waals surface area contributed by atoms with Gasteiger partial charge in [0, 0.05) is 74.1 Å². The van der Waals surface area contributed by atoms with Crippen LogP contribution in [0.15, 0.2) is 79.1 Å². The molecule has 1 fully saturated rings. The van der Waals surface area contributed by atoms with Crippen molar-refractivity contribution in [3.05, 3.63) is 95.8 Å². The lowest BCUT2D eigenvalue weighted by atomic mass is 10.00. The smallest absolute Gasteiger partial charge is 0.228 e. The summed E-state index contributed by atoms with van der Waals surface area (Å²) < 4.78 is 0. The minimum absolute atomic E-state index is 0.0282. The molecule has 6 heteroatoms. The first-order valence-corrected chi connectivity index (χ1v) is 14.9. The molecule has 0 bridgehead atoms. The number of aromatic nitrogens is 2. The van der Waals surface area contributed by atoms with Gasteiger partial charge in [-0.1, -0.05) is 44.2 Å². The largest absolute Gasteiger partial charge is 0.304 e. The Balaban J connectivity index is 0.00000173. The van der Waals surface area contributed by atoms with Crippen LogP contribution < -0.4 is 4.90 Å². The number of carbonyl (C=O) groups excluding carboxylic acids is 1. The molecule has 2 aromatic heterocycles. The van der Waals surface area contributed by atoms with Gasteiger partial charge >= 0.3 is 0 Å². The normalized spacial score (nSPS) is 14.0. The van der Waals surface area contributed by atoms with Crippen LogP contribution in [0.1, 0.15) is 37.5 Å². The van der Waals surface area contributed by atoms with Crippen molar-refractivity contribution in [2.24, 2.45) is 0 Å². The number of aryl methyl sites for hydroxylation is 2. The van der Waals surface area contributed by atoms with Gasteiger partial charge in [0.05, 0.1) is 16.7 Å². The van der Waals surface area contributed by atoms with Crippen LogP contribution in [0.4, 0.5) is 11.4 Å². The number of fused-ring (bicyclic) bond motifs is 2. The van der Waals surface area contributed by atoms with Gasteiger partial charge in [-0.3, -0.25) is 24.6 Å². The van der Waals surface area contributed by atoms with Gasteiger partial charge in [-0.05, 0) is 79.5 Å². The number of para-hydroxylation sites is 1. The van der Waals surface area contributed by atoms with Gasteiger partial charge in [0.25, 0.3) is 0 Å². The second-order valence-corrected chi connectivity index (χ2v) is 11.0. The minimum Gasteiger partial charge on any atom is -0.304 e. The van der Waals surface area contributed by atoms with Gasteiger partial charge in [0.2, 0.25) is 5.91 Å². The van der Waals surface area contributed by atoms with Crippen LogP contribution in [0.25, 0.3) is 32.9 Å². The lowest BCUT2D eigenvalue weighted by molar-refractivity contribution is -0.115. The maximum Gasteiger partial charge on any atom is 0.228 e. The molecule has 6 rings (SSSR count). The zero-order valence-corrected chi connectivity index (χ0v) is 25.7. The Kier molecular flexibility index (Phi) is 8.95. The number of hydrogen-bond donors (Lipinski definition) is 0. The predicted octanol–water partition coefficient (Wildman–Crippen LogP) is 7.53. The summed E-state index contributed by atoms with van der Waals surface area (Å²) in [5.74, 6) is -0.0282. The van der Waals surface area contributed by atoms with Gasteiger partial charge in [0.15, 0.2) is 0 Å². The number of anilines is 2. The quantitative estimate of drug-likeness (QED) is 0.223. The van der Waals surface area contributed by atoms with E-state index in [0.717, 1.165) is 82.6 Å². The number of benzene rings is 3. The molecule has 0 spiro atoms. The summed E-state index contributed by atoms with van der Waals surface area (Å²) >= 11 is 0. The van der Waals surface area contributed by atoms with E-state index in [1.54, 1.807) is 6.92 Å². The molecule has 0 unspecified atom stereocenters. The SMILES string of the molecule is CC.CC(=O)N(c1ccc(CN2CCN(C)CC2)c(C)c1)c1c(C)cnc2ccc(-c3cnc4ccccc4c3)cc12. The molecule has 5 aromatic rings. The van der Waals surface area contributed by atoms with E-state index < -0.39 is 0 Å². The van der Waals surface area contributed by atoms with E-state index in [1.165, 1.54) is 11.1 Å². The molecular weight excluding hydrogens is 518 g/mol. The Morgan fingerprint density at radius 1 is 0.810 bits per heavy atom. The average molecular weight is 560 g/mol. The highest BCUT2D eigenvalue weighted by Gasteiger charge is 2.22. The number of hydrogen-bond acceptors (Lipinski definition) is 5. The van der Waals surface area contributed by atoms with E-state index in [0.29, 0.717) is 0 Å². The van der Waals surface area contributed by atoms with Gasteiger partial charge in [-0.2, -0.15) is 0 Å². The van der Waals surface area contributed by atoms with Gasteiger partial charge < -0.3 is 4.90 Å². The van der Waals surface area contributed by atoms with E-state index in [9.17, 15) is 4.79 Å². The molecule has 1 aliphatic rings. The molecule has 42 heavy (non-hydrogen) atoms. The third-order valence-corrected chi connectivity index (χ3v) is 8.06. The summed E-state index contributed by atoms with van der Waals surface area (Å²) in [5.41, 5.74) is 9.11. The third kappa shape index (κ3) is 6.06. The van der Waals surface area contributed by atoms with Crippen molar-refractivity contribution >= 4 is 39.1 Å². The van der Waals surface area contributed by atoms with E-state index in [4.69, 9.17) is 4.98 Å². The van der Waals surface area contributed by atoms with Crippen LogP contribution in [0.2, 0.25) is 0 Å². The second kappa shape index (κ2) is 12.8. The molecule has 0 N–H and O–H groups in total. The molecule has 3 heterocycles. The Hall–Kier alpha value is -4.13. The lowest BCUT2D eigenvalue weighted by Crippen LogP contribution is -2.43. The molecule has 216 valence electrons. The molecule has 0 atom stereocenters. The number of amides is 1. The minimum atomic E-state index is -0.0282. The van der Waals surface area contributed by atoms with Crippen LogP contribution in [-0.2, 0) is 11.3 Å². The van der Waals surface area contributed by atoms with E-state index in [-0.39, 0.29) is 5.91 Å². The fourth-order valence-corrected chi connectivity index (χ4v) is 5.70. The summed E-state index contributed by atoms with van der Waals surface area (Å²) in [6, 6.07) is 23.0. The number of piperazine rings is 1. The highest BCUT2D eigenvalue weighted by molar-refractivity contribution is 6.08. The number of likely N-dealkylation sites (N-methyl/N-ethyl adjacent to an activating group) is 1. The predicted molar refractivity (Wildman–Crippen MR) is 175 cm³/mol. The lowest BCUT2D eigenvalue weighted by Gasteiger charge is -2.33. The van der Waals surface area contributed by atoms with Crippen LogP contribution in [0.3, 0.4) is 0 Å². The van der Waals surface area contributed by atoms with E-state index in [1.807, 2.05) is 62.3 Å². The number of rotatable bonds is 5.